The highest BCUT2D eigenvalue weighted by atomic mass is 19.1. The molecule has 0 saturated carbocycles. The van der Waals surface area contributed by atoms with Crippen molar-refractivity contribution in [3.63, 3.8) is 0 Å². The molecule has 0 aromatic heterocycles. The average Bonchev–Trinajstić information content (AvgIpc) is 2.49. The number of rotatable bonds is 4. The summed E-state index contributed by atoms with van der Waals surface area (Å²) in [5.41, 5.74) is 7.47. The smallest absolute Gasteiger partial charge is 0.123 e. The number of benzene rings is 2. The van der Waals surface area contributed by atoms with Gasteiger partial charge in [0, 0.05) is 12.5 Å². The summed E-state index contributed by atoms with van der Waals surface area (Å²) in [4.78, 5) is 0. The van der Waals surface area contributed by atoms with Crippen LogP contribution in [0.4, 0.5) is 4.39 Å². The van der Waals surface area contributed by atoms with Crippen LogP contribution in [0.25, 0.3) is 0 Å². The fourth-order valence-electron chi connectivity index (χ4n) is 2.29. The van der Waals surface area contributed by atoms with E-state index >= 15 is 0 Å². The molecule has 3 N–H and O–H groups in total. The Morgan fingerprint density at radius 2 is 1.80 bits per heavy atom. The zero-order chi connectivity index (χ0) is 14.5. The number of hydrogen-bond donors (Lipinski definition) is 2. The third-order valence-electron chi connectivity index (χ3n) is 3.27. The lowest BCUT2D eigenvalue weighted by atomic mass is 9.84. The SMILES string of the molecule is N#Cc1ccccc1[C@H](c1ccc(F)cc1)[C@@H](O)CN. The highest BCUT2D eigenvalue weighted by molar-refractivity contribution is 5.45. The molecule has 2 atom stereocenters. The van der Waals surface area contributed by atoms with Crippen molar-refractivity contribution in [2.24, 2.45) is 5.73 Å². The van der Waals surface area contributed by atoms with Gasteiger partial charge in [0.05, 0.1) is 17.7 Å². The minimum absolute atomic E-state index is 0.0573. The predicted octanol–water partition coefficient (Wildman–Crippen LogP) is 2.15. The Morgan fingerprint density at radius 3 is 2.40 bits per heavy atom. The van der Waals surface area contributed by atoms with Gasteiger partial charge in [-0.1, -0.05) is 30.3 Å². The zero-order valence-electron chi connectivity index (χ0n) is 10.8. The first-order valence-corrected chi connectivity index (χ1v) is 6.30. The quantitative estimate of drug-likeness (QED) is 0.894. The van der Waals surface area contributed by atoms with Crippen LogP contribution in [0.3, 0.4) is 0 Å². The van der Waals surface area contributed by atoms with E-state index in [2.05, 4.69) is 6.07 Å². The van der Waals surface area contributed by atoms with E-state index in [1.807, 2.05) is 0 Å². The lowest BCUT2D eigenvalue weighted by molar-refractivity contribution is 0.164. The van der Waals surface area contributed by atoms with Crippen molar-refractivity contribution in [3.8, 4) is 6.07 Å². The molecule has 0 bridgehead atoms. The van der Waals surface area contributed by atoms with E-state index in [4.69, 9.17) is 5.73 Å². The standard InChI is InChI=1S/C16H15FN2O/c17-13-7-5-11(6-8-13)16(15(20)10-19)14-4-2-1-3-12(14)9-18/h1-8,15-16,20H,10,19H2/t15-,16-/m0/s1. The molecule has 2 rings (SSSR count). The van der Waals surface area contributed by atoms with Crippen LogP contribution in [-0.4, -0.2) is 17.8 Å². The van der Waals surface area contributed by atoms with E-state index in [0.717, 1.165) is 5.56 Å². The van der Waals surface area contributed by atoms with Gasteiger partial charge in [-0.2, -0.15) is 5.26 Å². The molecule has 3 nitrogen and oxygen atoms in total. The number of halogens is 1. The van der Waals surface area contributed by atoms with Gasteiger partial charge in [0.25, 0.3) is 0 Å². The van der Waals surface area contributed by atoms with Gasteiger partial charge in [-0.05, 0) is 29.3 Å². The fraction of sp³-hybridized carbons (Fsp3) is 0.188. The number of nitrogens with two attached hydrogens (primary N) is 1. The van der Waals surface area contributed by atoms with Gasteiger partial charge in [0.15, 0.2) is 0 Å². The summed E-state index contributed by atoms with van der Waals surface area (Å²) in [7, 11) is 0. The van der Waals surface area contributed by atoms with Crippen molar-refractivity contribution in [1.82, 2.24) is 0 Å². The topological polar surface area (TPSA) is 70.0 Å². The molecule has 0 amide bonds. The Morgan fingerprint density at radius 1 is 1.15 bits per heavy atom. The third kappa shape index (κ3) is 2.85. The molecule has 2 aromatic rings. The van der Waals surface area contributed by atoms with Crippen molar-refractivity contribution in [2.75, 3.05) is 6.54 Å². The average molecular weight is 270 g/mol. The summed E-state index contributed by atoms with van der Waals surface area (Å²) >= 11 is 0. The molecule has 0 radical (unpaired) electrons. The van der Waals surface area contributed by atoms with Crippen LogP contribution in [0.15, 0.2) is 48.5 Å². The summed E-state index contributed by atoms with van der Waals surface area (Å²) in [6, 6.07) is 15.0. The minimum Gasteiger partial charge on any atom is -0.391 e. The van der Waals surface area contributed by atoms with Crippen molar-refractivity contribution < 1.29 is 9.50 Å². The maximum atomic E-state index is 13.0. The van der Waals surface area contributed by atoms with Crippen LogP contribution in [0.2, 0.25) is 0 Å². The molecule has 0 aliphatic heterocycles. The molecular weight excluding hydrogens is 255 g/mol. The fourth-order valence-corrected chi connectivity index (χ4v) is 2.29. The molecule has 0 heterocycles. The first-order valence-electron chi connectivity index (χ1n) is 6.30. The Bertz CT molecular complexity index is 619. The van der Waals surface area contributed by atoms with Crippen LogP contribution in [0.1, 0.15) is 22.6 Å². The molecule has 0 aliphatic rings. The van der Waals surface area contributed by atoms with E-state index < -0.39 is 12.0 Å². The van der Waals surface area contributed by atoms with E-state index in [9.17, 15) is 14.8 Å². The lowest BCUT2D eigenvalue weighted by Crippen LogP contribution is -2.28. The summed E-state index contributed by atoms with van der Waals surface area (Å²) in [6.45, 7) is 0.0573. The maximum Gasteiger partial charge on any atom is 0.123 e. The highest BCUT2D eigenvalue weighted by Crippen LogP contribution is 2.30. The van der Waals surface area contributed by atoms with Crippen LogP contribution >= 0.6 is 0 Å². The van der Waals surface area contributed by atoms with Gasteiger partial charge in [-0.3, -0.25) is 0 Å². The van der Waals surface area contributed by atoms with E-state index in [-0.39, 0.29) is 12.4 Å². The Hall–Kier alpha value is -2.22. The number of hydrogen-bond acceptors (Lipinski definition) is 3. The largest absolute Gasteiger partial charge is 0.391 e. The van der Waals surface area contributed by atoms with Gasteiger partial charge in [-0.25, -0.2) is 4.39 Å². The second-order valence-electron chi connectivity index (χ2n) is 4.53. The Kier molecular flexibility index (Phi) is 4.46. The van der Waals surface area contributed by atoms with Crippen LogP contribution < -0.4 is 5.73 Å². The van der Waals surface area contributed by atoms with Crippen molar-refractivity contribution in [2.45, 2.75) is 12.0 Å². The van der Waals surface area contributed by atoms with Crippen LogP contribution in [-0.2, 0) is 0 Å². The first kappa shape index (κ1) is 14.2. The first-order chi connectivity index (χ1) is 9.67. The van der Waals surface area contributed by atoms with E-state index in [1.54, 1.807) is 36.4 Å². The van der Waals surface area contributed by atoms with Crippen molar-refractivity contribution in [1.29, 1.82) is 5.26 Å². The normalized spacial score (nSPS) is 13.5. The summed E-state index contributed by atoms with van der Waals surface area (Å²) in [5, 5.41) is 19.4. The Labute approximate surface area is 117 Å². The lowest BCUT2D eigenvalue weighted by Gasteiger charge is -2.23. The molecule has 20 heavy (non-hydrogen) atoms. The zero-order valence-corrected chi connectivity index (χ0v) is 10.8. The van der Waals surface area contributed by atoms with Crippen LogP contribution in [0, 0.1) is 17.1 Å². The van der Waals surface area contributed by atoms with Crippen molar-refractivity contribution >= 4 is 0 Å². The van der Waals surface area contributed by atoms with Gasteiger partial charge >= 0.3 is 0 Å². The predicted molar refractivity (Wildman–Crippen MR) is 74.5 cm³/mol. The molecule has 4 heteroatoms. The Balaban J connectivity index is 2.53. The van der Waals surface area contributed by atoms with Gasteiger partial charge in [0.2, 0.25) is 0 Å². The molecule has 102 valence electrons. The summed E-state index contributed by atoms with van der Waals surface area (Å²) in [6.07, 6.45) is -0.838. The van der Waals surface area contributed by atoms with Gasteiger partial charge in [0.1, 0.15) is 5.82 Å². The number of nitrogens with zero attached hydrogens (tertiary/aromatic N) is 1. The van der Waals surface area contributed by atoms with Gasteiger partial charge in [-0.15, -0.1) is 0 Å². The molecule has 0 spiro atoms. The molecular formula is C16H15FN2O. The molecule has 2 aromatic carbocycles. The van der Waals surface area contributed by atoms with E-state index in [0.29, 0.717) is 11.1 Å². The highest BCUT2D eigenvalue weighted by Gasteiger charge is 2.24. The second-order valence-corrected chi connectivity index (χ2v) is 4.53. The van der Waals surface area contributed by atoms with E-state index in [1.165, 1.54) is 12.1 Å². The van der Waals surface area contributed by atoms with Crippen molar-refractivity contribution in [3.05, 3.63) is 71.0 Å². The summed E-state index contributed by atoms with van der Waals surface area (Å²) < 4.78 is 13.0. The second kappa shape index (κ2) is 6.29. The number of aliphatic hydroxyl groups excluding tert-OH is 1. The summed E-state index contributed by atoms with van der Waals surface area (Å²) in [5.74, 6) is -0.792. The number of nitriles is 1. The molecule has 0 fully saturated rings. The van der Waals surface area contributed by atoms with Crippen LogP contribution in [0.5, 0.6) is 0 Å². The third-order valence-corrected chi connectivity index (χ3v) is 3.27. The molecule has 0 saturated heterocycles. The molecule has 0 aliphatic carbocycles. The number of aliphatic hydroxyl groups is 1. The monoisotopic (exact) mass is 270 g/mol. The maximum absolute atomic E-state index is 13.0. The minimum atomic E-state index is -0.838. The molecule has 0 unspecified atom stereocenters. The van der Waals surface area contributed by atoms with Gasteiger partial charge < -0.3 is 10.8 Å².